The average Bonchev–Trinajstić information content (AvgIpc) is 2.65. The van der Waals surface area contributed by atoms with Gasteiger partial charge in [0.2, 0.25) is 0 Å². The summed E-state index contributed by atoms with van der Waals surface area (Å²) in [6, 6.07) is 3.57. The van der Waals surface area contributed by atoms with Crippen molar-refractivity contribution in [1.82, 2.24) is 15.1 Å². The van der Waals surface area contributed by atoms with Crippen molar-refractivity contribution in [2.45, 2.75) is 33.7 Å². The molecule has 21 heavy (non-hydrogen) atoms. The van der Waals surface area contributed by atoms with E-state index in [2.05, 4.69) is 17.3 Å². The molecule has 0 fully saturated rings. The Balaban J connectivity index is 2.18. The molecule has 0 aliphatic rings. The number of likely N-dealkylation sites (N-methyl/N-ethyl adjacent to an activating group) is 1. The summed E-state index contributed by atoms with van der Waals surface area (Å²) in [5, 5.41) is 7.78. The van der Waals surface area contributed by atoms with Crippen LogP contribution in [0, 0.1) is 25.5 Å². The Labute approximate surface area is 124 Å². The molecule has 0 aliphatic carbocycles. The summed E-state index contributed by atoms with van der Waals surface area (Å²) >= 11 is 0. The molecule has 1 aromatic heterocycles. The van der Waals surface area contributed by atoms with Gasteiger partial charge in [-0.05, 0) is 56.6 Å². The number of hydrogen-bond acceptors (Lipinski definition) is 2. The molecule has 1 N–H and O–H groups in total. The first-order valence-electron chi connectivity index (χ1n) is 7.19. The minimum absolute atomic E-state index is 0.378. The number of nitrogens with one attached hydrogen (secondary N) is 1. The molecule has 5 heteroatoms. The molecule has 0 saturated carbocycles. The van der Waals surface area contributed by atoms with E-state index in [9.17, 15) is 8.78 Å². The van der Waals surface area contributed by atoms with Crippen LogP contribution in [0.3, 0.4) is 0 Å². The number of aromatic nitrogens is 2. The van der Waals surface area contributed by atoms with Crippen molar-refractivity contribution < 1.29 is 8.78 Å². The van der Waals surface area contributed by atoms with Crippen LogP contribution in [0.5, 0.6) is 0 Å². The summed E-state index contributed by atoms with van der Waals surface area (Å²) in [6.45, 7) is 8.26. The monoisotopic (exact) mass is 293 g/mol. The Morgan fingerprint density at radius 3 is 2.43 bits per heavy atom. The molecule has 0 saturated heterocycles. The Bertz CT molecular complexity index is 600. The first kappa shape index (κ1) is 15.6. The molecule has 114 valence electrons. The van der Waals surface area contributed by atoms with Crippen LogP contribution in [0.2, 0.25) is 0 Å². The molecule has 0 unspecified atom stereocenters. The molecule has 3 nitrogen and oxygen atoms in total. The largest absolute Gasteiger partial charge is 0.317 e. The van der Waals surface area contributed by atoms with Crippen LogP contribution < -0.4 is 5.32 Å². The predicted octanol–water partition coefficient (Wildman–Crippen LogP) is 2.98. The lowest BCUT2D eigenvalue weighted by Gasteiger charge is -2.07. The highest BCUT2D eigenvalue weighted by atomic mass is 19.1. The number of rotatable bonds is 6. The van der Waals surface area contributed by atoms with Crippen molar-refractivity contribution >= 4 is 0 Å². The number of nitrogens with zero attached hydrogens (tertiary/aromatic N) is 2. The molecule has 0 amide bonds. The second kappa shape index (κ2) is 6.80. The van der Waals surface area contributed by atoms with E-state index < -0.39 is 11.6 Å². The second-order valence-electron chi connectivity index (χ2n) is 5.19. The lowest BCUT2D eigenvalue weighted by atomic mass is 10.1. The third-order valence-corrected chi connectivity index (χ3v) is 3.59. The highest BCUT2D eigenvalue weighted by Crippen LogP contribution is 2.16. The number of benzene rings is 1. The van der Waals surface area contributed by atoms with Crippen molar-refractivity contribution in [2.75, 3.05) is 13.1 Å². The van der Waals surface area contributed by atoms with Gasteiger partial charge in [0.05, 0.1) is 12.2 Å². The summed E-state index contributed by atoms with van der Waals surface area (Å²) in [6.07, 6.45) is 0.906. The Kier molecular flexibility index (Phi) is 5.07. The number of aryl methyl sites for hydroxylation is 1. The number of halogens is 2. The van der Waals surface area contributed by atoms with E-state index in [1.165, 1.54) is 17.7 Å². The minimum Gasteiger partial charge on any atom is -0.317 e. The first-order valence-corrected chi connectivity index (χ1v) is 7.19. The van der Waals surface area contributed by atoms with Gasteiger partial charge in [0.15, 0.2) is 0 Å². The normalized spacial score (nSPS) is 11.1. The molecule has 0 aliphatic heterocycles. The van der Waals surface area contributed by atoms with E-state index in [4.69, 9.17) is 0 Å². The second-order valence-corrected chi connectivity index (χ2v) is 5.19. The van der Waals surface area contributed by atoms with Gasteiger partial charge in [0.25, 0.3) is 0 Å². The van der Waals surface area contributed by atoms with Gasteiger partial charge < -0.3 is 5.32 Å². The van der Waals surface area contributed by atoms with E-state index in [0.29, 0.717) is 12.1 Å². The van der Waals surface area contributed by atoms with Gasteiger partial charge in [0, 0.05) is 11.8 Å². The summed E-state index contributed by atoms with van der Waals surface area (Å²) in [4.78, 5) is 0. The zero-order chi connectivity index (χ0) is 15.4. The summed E-state index contributed by atoms with van der Waals surface area (Å²) in [5.74, 6) is -1.11. The van der Waals surface area contributed by atoms with Crippen LogP contribution in [0.25, 0.3) is 0 Å². The average molecular weight is 293 g/mol. The van der Waals surface area contributed by atoms with Gasteiger partial charge in [-0.15, -0.1) is 0 Å². The van der Waals surface area contributed by atoms with Gasteiger partial charge in [-0.3, -0.25) is 4.68 Å². The molecule has 0 spiro atoms. The first-order chi connectivity index (χ1) is 10.0. The Hall–Kier alpha value is -1.75. The molecule has 1 heterocycles. The standard InChI is InChI=1S/C16H21F2N3/c1-4-19-6-5-16-11(2)20-21(12(16)3)10-13-7-14(17)9-15(18)8-13/h7-9,19H,4-6,10H2,1-3H3. The molecular weight excluding hydrogens is 272 g/mol. The topological polar surface area (TPSA) is 29.9 Å². The van der Waals surface area contributed by atoms with Crippen molar-refractivity contribution in [3.63, 3.8) is 0 Å². The van der Waals surface area contributed by atoms with Crippen LogP contribution >= 0.6 is 0 Å². The van der Waals surface area contributed by atoms with Crippen molar-refractivity contribution in [1.29, 1.82) is 0 Å². The lowest BCUT2D eigenvalue weighted by Crippen LogP contribution is -2.16. The molecule has 0 bridgehead atoms. The Morgan fingerprint density at radius 2 is 1.81 bits per heavy atom. The van der Waals surface area contributed by atoms with Crippen LogP contribution in [0.15, 0.2) is 18.2 Å². The molecular formula is C16H21F2N3. The van der Waals surface area contributed by atoms with Crippen molar-refractivity contribution in [2.24, 2.45) is 0 Å². The highest BCUT2D eigenvalue weighted by Gasteiger charge is 2.12. The third kappa shape index (κ3) is 3.88. The van der Waals surface area contributed by atoms with Gasteiger partial charge in [0.1, 0.15) is 11.6 Å². The molecule has 2 aromatic rings. The lowest BCUT2D eigenvalue weighted by molar-refractivity contribution is 0.572. The maximum absolute atomic E-state index is 13.2. The zero-order valence-electron chi connectivity index (χ0n) is 12.7. The van der Waals surface area contributed by atoms with E-state index in [-0.39, 0.29) is 0 Å². The molecule has 0 atom stereocenters. The molecule has 2 rings (SSSR count). The summed E-state index contributed by atoms with van der Waals surface area (Å²) < 4.78 is 28.3. The van der Waals surface area contributed by atoms with Crippen LogP contribution in [-0.2, 0) is 13.0 Å². The van der Waals surface area contributed by atoms with E-state index in [0.717, 1.165) is 37.0 Å². The summed E-state index contributed by atoms with van der Waals surface area (Å²) in [7, 11) is 0. The smallest absolute Gasteiger partial charge is 0.126 e. The zero-order valence-corrected chi connectivity index (χ0v) is 12.7. The Morgan fingerprint density at radius 1 is 1.14 bits per heavy atom. The number of hydrogen-bond donors (Lipinski definition) is 1. The molecule has 0 radical (unpaired) electrons. The van der Waals surface area contributed by atoms with E-state index in [1.54, 1.807) is 0 Å². The minimum atomic E-state index is -0.557. The highest BCUT2D eigenvalue weighted by molar-refractivity contribution is 5.26. The maximum Gasteiger partial charge on any atom is 0.126 e. The third-order valence-electron chi connectivity index (χ3n) is 3.59. The van der Waals surface area contributed by atoms with Crippen LogP contribution in [0.4, 0.5) is 8.78 Å². The van der Waals surface area contributed by atoms with Gasteiger partial charge in [-0.25, -0.2) is 8.78 Å². The van der Waals surface area contributed by atoms with Gasteiger partial charge >= 0.3 is 0 Å². The SMILES string of the molecule is CCNCCc1c(C)nn(Cc2cc(F)cc(F)c2)c1C. The van der Waals surface area contributed by atoms with Crippen molar-refractivity contribution in [3.8, 4) is 0 Å². The maximum atomic E-state index is 13.2. The van der Waals surface area contributed by atoms with E-state index >= 15 is 0 Å². The van der Waals surface area contributed by atoms with Crippen LogP contribution in [-0.4, -0.2) is 22.9 Å². The fourth-order valence-corrected chi connectivity index (χ4v) is 2.52. The summed E-state index contributed by atoms with van der Waals surface area (Å²) in [5.41, 5.74) is 3.81. The van der Waals surface area contributed by atoms with Gasteiger partial charge in [-0.2, -0.15) is 5.10 Å². The quantitative estimate of drug-likeness (QED) is 0.830. The van der Waals surface area contributed by atoms with Crippen LogP contribution in [0.1, 0.15) is 29.4 Å². The van der Waals surface area contributed by atoms with Crippen molar-refractivity contribution in [3.05, 3.63) is 52.3 Å². The van der Waals surface area contributed by atoms with E-state index in [1.807, 2.05) is 18.5 Å². The fourth-order valence-electron chi connectivity index (χ4n) is 2.52. The van der Waals surface area contributed by atoms with Gasteiger partial charge in [-0.1, -0.05) is 6.92 Å². The predicted molar refractivity (Wildman–Crippen MR) is 79.4 cm³/mol. The fraction of sp³-hybridized carbons (Fsp3) is 0.438. The molecule has 1 aromatic carbocycles.